The first-order valence-corrected chi connectivity index (χ1v) is 4.35. The number of hydrogen-bond donors (Lipinski definition) is 1. The number of hydrogen-bond acceptors (Lipinski definition) is 2. The van der Waals surface area contributed by atoms with Crippen molar-refractivity contribution in [2.45, 2.75) is 0 Å². The molecule has 70 valence electrons. The van der Waals surface area contributed by atoms with Crippen molar-refractivity contribution in [3.63, 3.8) is 0 Å². The number of nitrogens with zero attached hydrogens (tertiary/aromatic N) is 1. The Bertz CT molecular complexity index is 276. The first kappa shape index (κ1) is 10.0. The van der Waals surface area contributed by atoms with Crippen LogP contribution >= 0.6 is 11.6 Å². The Kier molecular flexibility index (Phi) is 3.73. The summed E-state index contributed by atoms with van der Waals surface area (Å²) in [6, 6.07) is 8.89. The molecular formula is C9H10ClNO2. The summed E-state index contributed by atoms with van der Waals surface area (Å²) in [7, 11) is 0. The molecule has 0 aliphatic heterocycles. The van der Waals surface area contributed by atoms with Gasteiger partial charge >= 0.3 is 0 Å². The lowest BCUT2D eigenvalue weighted by atomic mass is 10.3. The number of aliphatic hydroxyl groups excluding tert-OH is 1. The van der Waals surface area contributed by atoms with Crippen molar-refractivity contribution in [1.82, 2.24) is 0 Å². The SMILES string of the molecule is O=C(CCl)N(CO)c1ccccc1. The van der Waals surface area contributed by atoms with Gasteiger partial charge in [0.25, 0.3) is 0 Å². The van der Waals surface area contributed by atoms with Crippen LogP contribution in [0.2, 0.25) is 0 Å². The fourth-order valence-corrected chi connectivity index (χ4v) is 1.13. The molecule has 3 nitrogen and oxygen atoms in total. The van der Waals surface area contributed by atoms with Crippen LogP contribution in [0, 0.1) is 0 Å². The summed E-state index contributed by atoms with van der Waals surface area (Å²) < 4.78 is 0. The summed E-state index contributed by atoms with van der Waals surface area (Å²) >= 11 is 5.37. The van der Waals surface area contributed by atoms with Crippen LogP contribution in [-0.2, 0) is 4.79 Å². The molecule has 0 radical (unpaired) electrons. The van der Waals surface area contributed by atoms with E-state index in [1.807, 2.05) is 6.07 Å². The average molecular weight is 200 g/mol. The van der Waals surface area contributed by atoms with Crippen molar-refractivity contribution in [2.75, 3.05) is 17.5 Å². The molecule has 0 aromatic heterocycles. The Morgan fingerprint density at radius 3 is 2.46 bits per heavy atom. The van der Waals surface area contributed by atoms with Crippen LogP contribution in [-0.4, -0.2) is 23.6 Å². The summed E-state index contributed by atoms with van der Waals surface area (Å²) in [6.07, 6.45) is 0. The number of alkyl halides is 1. The van der Waals surface area contributed by atoms with Crippen molar-refractivity contribution >= 4 is 23.2 Å². The van der Waals surface area contributed by atoms with Gasteiger partial charge in [-0.25, -0.2) is 0 Å². The highest BCUT2D eigenvalue weighted by Gasteiger charge is 2.11. The lowest BCUT2D eigenvalue weighted by Crippen LogP contribution is -2.32. The molecule has 13 heavy (non-hydrogen) atoms. The minimum Gasteiger partial charge on any atom is -0.376 e. The fraction of sp³-hybridized carbons (Fsp3) is 0.222. The lowest BCUT2D eigenvalue weighted by Gasteiger charge is -2.18. The number of amides is 1. The van der Waals surface area contributed by atoms with Crippen molar-refractivity contribution in [2.24, 2.45) is 0 Å². The monoisotopic (exact) mass is 199 g/mol. The zero-order valence-electron chi connectivity index (χ0n) is 6.98. The molecule has 0 heterocycles. The third-order valence-corrected chi connectivity index (χ3v) is 1.85. The number of rotatable bonds is 3. The second-order valence-electron chi connectivity index (χ2n) is 2.43. The van der Waals surface area contributed by atoms with Gasteiger partial charge in [0, 0.05) is 5.69 Å². The average Bonchev–Trinajstić information content (AvgIpc) is 2.20. The highest BCUT2D eigenvalue weighted by atomic mass is 35.5. The van der Waals surface area contributed by atoms with E-state index in [-0.39, 0.29) is 18.5 Å². The Balaban J connectivity index is 2.85. The van der Waals surface area contributed by atoms with E-state index in [0.29, 0.717) is 5.69 Å². The highest BCUT2D eigenvalue weighted by molar-refractivity contribution is 6.29. The minimum absolute atomic E-state index is 0.130. The van der Waals surface area contributed by atoms with Crippen LogP contribution in [0.5, 0.6) is 0 Å². The van der Waals surface area contributed by atoms with Gasteiger partial charge < -0.3 is 5.11 Å². The number of carbonyl (C=O) groups is 1. The van der Waals surface area contributed by atoms with E-state index in [1.54, 1.807) is 24.3 Å². The minimum atomic E-state index is -0.352. The van der Waals surface area contributed by atoms with Crippen LogP contribution in [0.3, 0.4) is 0 Å². The first-order chi connectivity index (χ1) is 6.29. The van der Waals surface area contributed by atoms with Crippen LogP contribution in [0.25, 0.3) is 0 Å². The molecule has 1 rings (SSSR count). The van der Waals surface area contributed by atoms with Crippen molar-refractivity contribution in [1.29, 1.82) is 0 Å². The van der Waals surface area contributed by atoms with Gasteiger partial charge in [-0.15, -0.1) is 11.6 Å². The Labute approximate surface area is 81.5 Å². The van der Waals surface area contributed by atoms with E-state index in [4.69, 9.17) is 16.7 Å². The molecule has 0 bridgehead atoms. The molecule has 1 aromatic carbocycles. The van der Waals surface area contributed by atoms with Crippen LogP contribution in [0.1, 0.15) is 0 Å². The molecule has 1 aromatic rings. The number of halogens is 1. The third-order valence-electron chi connectivity index (χ3n) is 1.62. The second kappa shape index (κ2) is 4.84. The Morgan fingerprint density at radius 2 is 2.00 bits per heavy atom. The van der Waals surface area contributed by atoms with Crippen LogP contribution < -0.4 is 4.90 Å². The summed E-state index contributed by atoms with van der Waals surface area (Å²) in [5.41, 5.74) is 0.649. The maximum atomic E-state index is 11.2. The molecule has 0 aliphatic carbocycles. The van der Waals surface area contributed by atoms with Gasteiger partial charge in [0.15, 0.2) is 0 Å². The van der Waals surface area contributed by atoms with Crippen LogP contribution in [0.4, 0.5) is 5.69 Å². The Hall–Kier alpha value is -1.06. The van der Waals surface area contributed by atoms with Crippen LogP contribution in [0.15, 0.2) is 30.3 Å². The van der Waals surface area contributed by atoms with E-state index >= 15 is 0 Å². The molecule has 0 spiro atoms. The van der Waals surface area contributed by atoms with Gasteiger partial charge in [0.05, 0.1) is 0 Å². The maximum Gasteiger partial charge on any atom is 0.243 e. The van der Waals surface area contributed by atoms with Gasteiger partial charge in [-0.2, -0.15) is 0 Å². The fourth-order valence-electron chi connectivity index (χ4n) is 0.985. The molecule has 0 fully saturated rings. The Morgan fingerprint density at radius 1 is 1.38 bits per heavy atom. The van der Waals surface area contributed by atoms with Gasteiger partial charge in [-0.3, -0.25) is 9.69 Å². The normalized spacial score (nSPS) is 9.69. The third kappa shape index (κ3) is 2.44. The van der Waals surface area contributed by atoms with Gasteiger partial charge in [-0.05, 0) is 12.1 Å². The predicted octanol–water partition coefficient (Wildman–Crippen LogP) is 1.21. The van der Waals surface area contributed by atoms with E-state index in [2.05, 4.69) is 0 Å². The van der Waals surface area contributed by atoms with E-state index in [0.717, 1.165) is 0 Å². The number of anilines is 1. The standard InChI is InChI=1S/C9H10ClNO2/c10-6-9(13)11(7-12)8-4-2-1-3-5-8/h1-5,12H,6-7H2. The van der Waals surface area contributed by atoms with Gasteiger partial charge in [-0.1, -0.05) is 18.2 Å². The maximum absolute atomic E-state index is 11.2. The lowest BCUT2D eigenvalue weighted by molar-refractivity contribution is -0.117. The van der Waals surface area contributed by atoms with Gasteiger partial charge in [0.2, 0.25) is 5.91 Å². The highest BCUT2D eigenvalue weighted by Crippen LogP contribution is 2.12. The van der Waals surface area contributed by atoms with E-state index in [9.17, 15) is 4.79 Å². The first-order valence-electron chi connectivity index (χ1n) is 3.82. The van der Waals surface area contributed by atoms with Gasteiger partial charge in [0.1, 0.15) is 12.6 Å². The van der Waals surface area contributed by atoms with E-state index in [1.165, 1.54) is 4.90 Å². The molecule has 1 amide bonds. The summed E-state index contributed by atoms with van der Waals surface area (Å²) in [4.78, 5) is 12.4. The quantitative estimate of drug-likeness (QED) is 0.587. The predicted molar refractivity (Wildman–Crippen MR) is 51.7 cm³/mol. The van der Waals surface area contributed by atoms with Crippen molar-refractivity contribution < 1.29 is 9.90 Å². The number of benzene rings is 1. The molecule has 0 saturated carbocycles. The van der Waals surface area contributed by atoms with E-state index < -0.39 is 0 Å². The topological polar surface area (TPSA) is 40.5 Å². The molecule has 0 unspecified atom stereocenters. The molecule has 0 aliphatic rings. The zero-order chi connectivity index (χ0) is 9.68. The molecule has 0 saturated heterocycles. The summed E-state index contributed by atoms with van der Waals surface area (Å²) in [5.74, 6) is -0.439. The largest absolute Gasteiger partial charge is 0.376 e. The zero-order valence-corrected chi connectivity index (χ0v) is 7.74. The molecule has 4 heteroatoms. The number of aliphatic hydroxyl groups is 1. The second-order valence-corrected chi connectivity index (χ2v) is 2.70. The summed E-state index contributed by atoms with van der Waals surface area (Å²) in [6.45, 7) is -0.352. The van der Waals surface area contributed by atoms with Crippen molar-refractivity contribution in [3.8, 4) is 0 Å². The number of para-hydroxylation sites is 1. The molecule has 1 N–H and O–H groups in total. The number of carbonyl (C=O) groups excluding carboxylic acids is 1. The summed E-state index contributed by atoms with van der Waals surface area (Å²) in [5, 5.41) is 8.93. The molecular weight excluding hydrogens is 190 g/mol. The smallest absolute Gasteiger partial charge is 0.243 e. The van der Waals surface area contributed by atoms with Crippen molar-refractivity contribution in [3.05, 3.63) is 30.3 Å². The molecule has 0 atom stereocenters.